The van der Waals surface area contributed by atoms with E-state index in [9.17, 15) is 9.59 Å². The van der Waals surface area contributed by atoms with Gasteiger partial charge in [-0.15, -0.1) is 0 Å². The van der Waals surface area contributed by atoms with Gasteiger partial charge in [0.2, 0.25) is 5.91 Å². The normalized spacial score (nSPS) is 10.4. The molecular formula is C12H16BrN3O2. The van der Waals surface area contributed by atoms with Crippen molar-refractivity contribution < 1.29 is 9.59 Å². The fourth-order valence-corrected chi connectivity index (χ4v) is 1.77. The first-order valence-corrected chi connectivity index (χ1v) is 6.38. The summed E-state index contributed by atoms with van der Waals surface area (Å²) in [5.74, 6) is -0.492. The zero-order valence-electron chi connectivity index (χ0n) is 10.4. The van der Waals surface area contributed by atoms with Crippen molar-refractivity contribution in [1.29, 1.82) is 0 Å². The van der Waals surface area contributed by atoms with Crippen molar-refractivity contribution in [2.24, 2.45) is 11.7 Å². The average molecular weight is 314 g/mol. The summed E-state index contributed by atoms with van der Waals surface area (Å²) in [6, 6.07) is 3.35. The Morgan fingerprint density at radius 1 is 1.44 bits per heavy atom. The third-order valence-electron chi connectivity index (χ3n) is 2.19. The van der Waals surface area contributed by atoms with Crippen LogP contribution in [0, 0.1) is 5.92 Å². The van der Waals surface area contributed by atoms with Crippen molar-refractivity contribution in [1.82, 2.24) is 9.88 Å². The predicted octanol–water partition coefficient (Wildman–Crippen LogP) is 1.43. The largest absolute Gasteiger partial charge is 0.368 e. The zero-order chi connectivity index (χ0) is 13.7. The summed E-state index contributed by atoms with van der Waals surface area (Å²) >= 11 is 3.20. The Balaban J connectivity index is 2.87. The molecule has 18 heavy (non-hydrogen) atoms. The topological polar surface area (TPSA) is 76.3 Å². The molecule has 0 aliphatic carbocycles. The molecule has 0 bridgehead atoms. The van der Waals surface area contributed by atoms with E-state index in [1.165, 1.54) is 11.1 Å². The van der Waals surface area contributed by atoms with Crippen LogP contribution in [0.3, 0.4) is 0 Å². The number of hydrogen-bond acceptors (Lipinski definition) is 3. The summed E-state index contributed by atoms with van der Waals surface area (Å²) in [6.45, 7) is 4.35. The molecule has 0 saturated carbocycles. The Labute approximate surface area is 114 Å². The molecule has 0 saturated heterocycles. The number of nitrogens with two attached hydrogens (primary N) is 1. The number of halogens is 1. The van der Waals surface area contributed by atoms with Crippen LogP contribution in [0.2, 0.25) is 0 Å². The molecule has 6 heteroatoms. The van der Waals surface area contributed by atoms with Crippen LogP contribution in [0.5, 0.6) is 0 Å². The Kier molecular flexibility index (Phi) is 5.27. The van der Waals surface area contributed by atoms with Crippen molar-refractivity contribution in [2.75, 3.05) is 13.1 Å². The molecule has 2 N–H and O–H groups in total. The van der Waals surface area contributed by atoms with E-state index in [1.54, 1.807) is 12.1 Å². The molecule has 2 amide bonds. The molecule has 0 unspecified atom stereocenters. The second-order valence-electron chi connectivity index (χ2n) is 4.42. The van der Waals surface area contributed by atoms with Crippen molar-refractivity contribution in [3.63, 3.8) is 0 Å². The minimum absolute atomic E-state index is 0.0763. The van der Waals surface area contributed by atoms with Crippen LogP contribution in [0.15, 0.2) is 22.9 Å². The highest BCUT2D eigenvalue weighted by Gasteiger charge is 2.18. The van der Waals surface area contributed by atoms with Gasteiger partial charge in [-0.3, -0.25) is 9.59 Å². The molecule has 0 aliphatic rings. The Morgan fingerprint density at radius 2 is 2.11 bits per heavy atom. The molecule has 0 fully saturated rings. The SMILES string of the molecule is CC(C)CN(CC(N)=O)C(=O)c1ccc(Br)nc1. The van der Waals surface area contributed by atoms with Crippen LogP contribution in [0.25, 0.3) is 0 Å². The number of aromatic nitrogens is 1. The lowest BCUT2D eigenvalue weighted by atomic mass is 10.1. The van der Waals surface area contributed by atoms with Crippen molar-refractivity contribution in [3.05, 3.63) is 28.5 Å². The Hall–Kier alpha value is -1.43. The van der Waals surface area contributed by atoms with E-state index >= 15 is 0 Å². The standard InChI is InChI=1S/C12H16BrN3O2/c1-8(2)6-16(7-11(14)17)12(18)9-3-4-10(13)15-5-9/h3-5,8H,6-7H2,1-2H3,(H2,14,17). The molecule has 1 aromatic rings. The van der Waals surface area contributed by atoms with Crippen LogP contribution >= 0.6 is 15.9 Å². The van der Waals surface area contributed by atoms with Gasteiger partial charge in [-0.1, -0.05) is 13.8 Å². The Bertz CT molecular complexity index is 431. The number of hydrogen-bond donors (Lipinski definition) is 1. The highest BCUT2D eigenvalue weighted by molar-refractivity contribution is 9.10. The van der Waals surface area contributed by atoms with E-state index in [-0.39, 0.29) is 18.4 Å². The van der Waals surface area contributed by atoms with Crippen LogP contribution < -0.4 is 5.73 Å². The van der Waals surface area contributed by atoms with Crippen LogP contribution in [-0.4, -0.2) is 34.8 Å². The van der Waals surface area contributed by atoms with E-state index in [2.05, 4.69) is 20.9 Å². The van der Waals surface area contributed by atoms with Crippen molar-refractivity contribution >= 4 is 27.7 Å². The first-order valence-electron chi connectivity index (χ1n) is 5.59. The quantitative estimate of drug-likeness (QED) is 0.835. The molecule has 0 atom stereocenters. The van der Waals surface area contributed by atoms with Gasteiger partial charge in [-0.05, 0) is 34.0 Å². The van der Waals surface area contributed by atoms with Gasteiger partial charge in [0.05, 0.1) is 12.1 Å². The first-order chi connectivity index (χ1) is 8.40. The molecule has 98 valence electrons. The van der Waals surface area contributed by atoms with Gasteiger partial charge >= 0.3 is 0 Å². The lowest BCUT2D eigenvalue weighted by molar-refractivity contribution is -0.118. The maximum absolute atomic E-state index is 12.2. The number of carbonyl (C=O) groups is 2. The fourth-order valence-electron chi connectivity index (χ4n) is 1.53. The third kappa shape index (κ3) is 4.44. The van der Waals surface area contributed by atoms with Crippen LogP contribution in [-0.2, 0) is 4.79 Å². The van der Waals surface area contributed by atoms with Crippen molar-refractivity contribution in [3.8, 4) is 0 Å². The molecule has 0 aliphatic heterocycles. The smallest absolute Gasteiger partial charge is 0.255 e. The second kappa shape index (κ2) is 6.49. The Morgan fingerprint density at radius 3 is 2.56 bits per heavy atom. The third-order valence-corrected chi connectivity index (χ3v) is 2.66. The van der Waals surface area contributed by atoms with E-state index in [4.69, 9.17) is 5.73 Å². The van der Waals surface area contributed by atoms with E-state index in [1.807, 2.05) is 13.8 Å². The highest BCUT2D eigenvalue weighted by atomic mass is 79.9. The van der Waals surface area contributed by atoms with Gasteiger partial charge in [-0.25, -0.2) is 4.98 Å². The monoisotopic (exact) mass is 313 g/mol. The van der Waals surface area contributed by atoms with Crippen molar-refractivity contribution in [2.45, 2.75) is 13.8 Å². The summed E-state index contributed by atoms with van der Waals surface area (Å²) in [7, 11) is 0. The maximum atomic E-state index is 12.2. The van der Waals surface area contributed by atoms with E-state index < -0.39 is 5.91 Å². The number of amides is 2. The predicted molar refractivity (Wildman–Crippen MR) is 71.9 cm³/mol. The molecule has 1 heterocycles. The lowest BCUT2D eigenvalue weighted by Gasteiger charge is -2.23. The lowest BCUT2D eigenvalue weighted by Crippen LogP contribution is -2.40. The minimum Gasteiger partial charge on any atom is -0.368 e. The second-order valence-corrected chi connectivity index (χ2v) is 5.23. The minimum atomic E-state index is -0.519. The van der Waals surface area contributed by atoms with E-state index in [0.717, 1.165) is 0 Å². The molecule has 1 aromatic heterocycles. The van der Waals surface area contributed by atoms with Crippen LogP contribution in [0.4, 0.5) is 0 Å². The van der Waals surface area contributed by atoms with Gasteiger partial charge < -0.3 is 10.6 Å². The van der Waals surface area contributed by atoms with Crippen LogP contribution in [0.1, 0.15) is 24.2 Å². The molecule has 0 aromatic carbocycles. The molecule has 5 nitrogen and oxygen atoms in total. The van der Waals surface area contributed by atoms with Gasteiger partial charge in [0, 0.05) is 12.7 Å². The summed E-state index contributed by atoms with van der Waals surface area (Å²) < 4.78 is 0.657. The summed E-state index contributed by atoms with van der Waals surface area (Å²) in [5, 5.41) is 0. The van der Waals surface area contributed by atoms with Gasteiger partial charge in [0.1, 0.15) is 4.60 Å². The zero-order valence-corrected chi connectivity index (χ0v) is 12.0. The number of carbonyl (C=O) groups excluding carboxylic acids is 2. The molecule has 1 rings (SSSR count). The van der Waals surface area contributed by atoms with Gasteiger partial charge in [0.25, 0.3) is 5.91 Å². The number of nitrogens with zero attached hydrogens (tertiary/aromatic N) is 2. The fraction of sp³-hybridized carbons (Fsp3) is 0.417. The number of primary amides is 1. The number of rotatable bonds is 5. The summed E-state index contributed by atoms with van der Waals surface area (Å²) in [6.07, 6.45) is 1.47. The first kappa shape index (κ1) is 14.6. The van der Waals surface area contributed by atoms with Gasteiger partial charge in [-0.2, -0.15) is 0 Å². The molecular weight excluding hydrogens is 298 g/mol. The number of pyridine rings is 1. The molecule has 0 radical (unpaired) electrons. The highest BCUT2D eigenvalue weighted by Crippen LogP contribution is 2.10. The average Bonchev–Trinajstić information content (AvgIpc) is 2.27. The summed E-state index contributed by atoms with van der Waals surface area (Å²) in [5.41, 5.74) is 5.60. The maximum Gasteiger partial charge on any atom is 0.255 e. The molecule has 0 spiro atoms. The van der Waals surface area contributed by atoms with Gasteiger partial charge in [0.15, 0.2) is 0 Å². The summed E-state index contributed by atoms with van der Waals surface area (Å²) in [4.78, 5) is 28.6. The van der Waals surface area contributed by atoms with E-state index in [0.29, 0.717) is 16.7 Å².